The first-order chi connectivity index (χ1) is 15.4. The van der Waals surface area contributed by atoms with Gasteiger partial charge in [-0.3, -0.25) is 9.69 Å². The van der Waals surface area contributed by atoms with Crippen LogP contribution >= 0.6 is 23.2 Å². The van der Waals surface area contributed by atoms with Crippen molar-refractivity contribution in [3.05, 3.63) is 62.6 Å². The van der Waals surface area contributed by atoms with Gasteiger partial charge in [-0.1, -0.05) is 55.2 Å². The Hall–Kier alpha value is -1.75. The summed E-state index contributed by atoms with van der Waals surface area (Å²) in [4.78, 5) is 16.0. The van der Waals surface area contributed by atoms with Gasteiger partial charge in [0.05, 0.1) is 21.7 Å². The van der Waals surface area contributed by atoms with Crippen LogP contribution in [-0.4, -0.2) is 42.2 Å². The molecule has 2 aromatic carbocycles. The van der Waals surface area contributed by atoms with Gasteiger partial charge in [0.1, 0.15) is 0 Å². The number of hydrogen-bond acceptors (Lipinski definition) is 3. The van der Waals surface area contributed by atoms with Gasteiger partial charge in [-0.05, 0) is 73.2 Å². The Balaban J connectivity index is 1.48. The van der Waals surface area contributed by atoms with Crippen LogP contribution in [0.3, 0.4) is 0 Å². The molecule has 0 unspecified atom stereocenters. The second kappa shape index (κ2) is 10.0. The Morgan fingerprint density at radius 1 is 1.03 bits per heavy atom. The van der Waals surface area contributed by atoms with E-state index >= 15 is 0 Å². The number of hydrogen-bond donors (Lipinski definition) is 1. The number of halogens is 2. The third-order valence-corrected chi connectivity index (χ3v) is 7.75. The molecule has 2 aliphatic rings. The zero-order valence-electron chi connectivity index (χ0n) is 18.9. The quantitative estimate of drug-likeness (QED) is 0.532. The first kappa shape index (κ1) is 23.4. The summed E-state index contributed by atoms with van der Waals surface area (Å²) in [5, 5.41) is 10.7. The monoisotopic (exact) mass is 474 g/mol. The third-order valence-electron chi connectivity index (χ3n) is 7.14. The molecule has 6 heteroatoms. The molecular weight excluding hydrogens is 443 g/mol. The van der Waals surface area contributed by atoms with Crippen LogP contribution in [0.4, 0.5) is 5.69 Å². The number of aryl methyl sites for hydroxylation is 2. The van der Waals surface area contributed by atoms with Crippen molar-refractivity contribution < 1.29 is 9.90 Å². The molecule has 4 nitrogen and oxygen atoms in total. The molecule has 172 valence electrons. The summed E-state index contributed by atoms with van der Waals surface area (Å²) in [6.45, 7) is 8.97. The van der Waals surface area contributed by atoms with Crippen molar-refractivity contribution >= 4 is 34.9 Å². The van der Waals surface area contributed by atoms with Crippen LogP contribution in [0.2, 0.25) is 10.0 Å². The number of aliphatic carboxylic acids is 1. The van der Waals surface area contributed by atoms with Gasteiger partial charge >= 0.3 is 5.97 Å². The lowest BCUT2D eigenvalue weighted by Crippen LogP contribution is -2.45. The van der Waals surface area contributed by atoms with Crippen LogP contribution in [0.25, 0.3) is 0 Å². The molecule has 2 aromatic rings. The molecule has 0 saturated carbocycles. The van der Waals surface area contributed by atoms with Crippen LogP contribution < -0.4 is 4.90 Å². The smallest absolute Gasteiger partial charge is 0.306 e. The molecule has 0 atom stereocenters. The number of carbonyl (C=O) groups is 1. The standard InChI is InChI=1S/C26H32Cl2N2O2/c1-3-17-12-20(21-14-30(15-21)25-23(27)6-5-7-24(25)28)13-18(4-2)22(17)16-29-10-8-19(9-11-29)26(31)32/h5-7,12-13,19,21H,3-4,8-11,14-16H2,1-2H3,(H,31,32). The fourth-order valence-corrected chi connectivity index (χ4v) is 5.76. The Morgan fingerprint density at radius 2 is 1.59 bits per heavy atom. The lowest BCUT2D eigenvalue weighted by molar-refractivity contribution is -0.143. The van der Waals surface area contributed by atoms with Crippen LogP contribution in [0.15, 0.2) is 30.3 Å². The first-order valence-corrected chi connectivity index (χ1v) is 12.5. The van der Waals surface area contributed by atoms with E-state index in [1.165, 1.54) is 22.3 Å². The maximum atomic E-state index is 11.3. The van der Waals surface area contributed by atoms with E-state index in [1.54, 1.807) is 0 Å². The van der Waals surface area contributed by atoms with Gasteiger partial charge in [0.25, 0.3) is 0 Å². The molecule has 4 rings (SSSR count). The zero-order chi connectivity index (χ0) is 22.8. The van der Waals surface area contributed by atoms with Crippen LogP contribution in [0.1, 0.15) is 54.9 Å². The third kappa shape index (κ3) is 4.78. The fraction of sp³-hybridized carbons (Fsp3) is 0.500. The van der Waals surface area contributed by atoms with Crippen LogP contribution in [-0.2, 0) is 24.2 Å². The van der Waals surface area contributed by atoms with E-state index in [0.29, 0.717) is 16.0 Å². The number of para-hydroxylation sites is 1. The van der Waals surface area contributed by atoms with Crippen molar-refractivity contribution in [2.24, 2.45) is 5.92 Å². The maximum Gasteiger partial charge on any atom is 0.306 e. The summed E-state index contributed by atoms with van der Waals surface area (Å²) in [6, 6.07) is 10.5. The average molecular weight is 475 g/mol. The predicted molar refractivity (Wildman–Crippen MR) is 132 cm³/mol. The molecule has 2 saturated heterocycles. The van der Waals surface area contributed by atoms with Crippen molar-refractivity contribution in [3.8, 4) is 0 Å². The van der Waals surface area contributed by atoms with Gasteiger partial charge in [-0.25, -0.2) is 0 Å². The van der Waals surface area contributed by atoms with E-state index in [0.717, 1.165) is 64.1 Å². The van der Waals surface area contributed by atoms with Gasteiger partial charge in [0.2, 0.25) is 0 Å². The number of piperidine rings is 1. The summed E-state index contributed by atoms with van der Waals surface area (Å²) in [6.07, 6.45) is 3.51. The van der Waals surface area contributed by atoms with Crippen molar-refractivity contribution in [2.75, 3.05) is 31.1 Å². The van der Waals surface area contributed by atoms with E-state index in [9.17, 15) is 9.90 Å². The van der Waals surface area contributed by atoms with E-state index < -0.39 is 5.97 Å². The highest BCUT2D eigenvalue weighted by Gasteiger charge is 2.32. The number of anilines is 1. The molecule has 32 heavy (non-hydrogen) atoms. The molecule has 0 aliphatic carbocycles. The van der Waals surface area contributed by atoms with Gasteiger partial charge in [0.15, 0.2) is 0 Å². The molecule has 0 radical (unpaired) electrons. The molecule has 2 fully saturated rings. The van der Waals surface area contributed by atoms with E-state index in [-0.39, 0.29) is 5.92 Å². The molecule has 2 heterocycles. The minimum atomic E-state index is -0.648. The molecular formula is C26H32Cl2N2O2. The van der Waals surface area contributed by atoms with Gasteiger partial charge in [-0.15, -0.1) is 0 Å². The summed E-state index contributed by atoms with van der Waals surface area (Å²) in [5.41, 5.74) is 6.65. The fourth-order valence-electron chi connectivity index (χ4n) is 5.12. The van der Waals surface area contributed by atoms with Crippen molar-refractivity contribution in [3.63, 3.8) is 0 Å². The molecule has 0 amide bonds. The Kier molecular flexibility index (Phi) is 7.34. The lowest BCUT2D eigenvalue weighted by atomic mass is 9.85. The van der Waals surface area contributed by atoms with Crippen molar-refractivity contribution in [2.45, 2.75) is 52.0 Å². The normalized spacial score (nSPS) is 18.1. The predicted octanol–water partition coefficient (Wildman–Crippen LogP) is 6.02. The minimum absolute atomic E-state index is 0.182. The average Bonchev–Trinajstić information content (AvgIpc) is 2.75. The minimum Gasteiger partial charge on any atom is -0.481 e. The molecule has 0 aromatic heterocycles. The van der Waals surface area contributed by atoms with Crippen LogP contribution in [0, 0.1) is 5.92 Å². The van der Waals surface area contributed by atoms with Crippen LogP contribution in [0.5, 0.6) is 0 Å². The van der Waals surface area contributed by atoms with E-state index in [4.69, 9.17) is 23.2 Å². The largest absolute Gasteiger partial charge is 0.481 e. The summed E-state index contributed by atoms with van der Waals surface area (Å²) in [5.74, 6) is -0.346. The van der Waals surface area contributed by atoms with E-state index in [1.807, 2.05) is 18.2 Å². The number of carboxylic acids is 1. The van der Waals surface area contributed by atoms with Crippen molar-refractivity contribution in [1.29, 1.82) is 0 Å². The maximum absolute atomic E-state index is 11.3. The highest BCUT2D eigenvalue weighted by molar-refractivity contribution is 6.39. The highest BCUT2D eigenvalue weighted by Crippen LogP contribution is 2.41. The first-order valence-electron chi connectivity index (χ1n) is 11.7. The number of benzene rings is 2. The van der Waals surface area contributed by atoms with Crippen molar-refractivity contribution in [1.82, 2.24) is 4.90 Å². The van der Waals surface area contributed by atoms with Gasteiger partial charge in [-0.2, -0.15) is 0 Å². The SMILES string of the molecule is CCc1cc(C2CN(c3c(Cl)cccc3Cl)C2)cc(CC)c1CN1CCC(C(=O)O)CC1. The second-order valence-electron chi connectivity index (χ2n) is 9.09. The lowest BCUT2D eigenvalue weighted by Gasteiger charge is -2.42. The number of rotatable bonds is 7. The van der Waals surface area contributed by atoms with Gasteiger partial charge in [0, 0.05) is 25.6 Å². The van der Waals surface area contributed by atoms with Gasteiger partial charge < -0.3 is 10.0 Å². The summed E-state index contributed by atoms with van der Waals surface area (Å²) < 4.78 is 0. The Bertz CT molecular complexity index is 935. The molecule has 0 bridgehead atoms. The Labute approximate surface area is 201 Å². The zero-order valence-corrected chi connectivity index (χ0v) is 20.4. The number of nitrogens with zero attached hydrogens (tertiary/aromatic N) is 2. The molecule has 0 spiro atoms. The summed E-state index contributed by atoms with van der Waals surface area (Å²) >= 11 is 12.8. The number of carboxylic acid groups (broad SMARTS) is 1. The second-order valence-corrected chi connectivity index (χ2v) is 9.90. The number of likely N-dealkylation sites (tertiary alicyclic amines) is 1. The molecule has 2 aliphatic heterocycles. The Morgan fingerprint density at radius 3 is 2.09 bits per heavy atom. The topological polar surface area (TPSA) is 43.8 Å². The summed E-state index contributed by atoms with van der Waals surface area (Å²) in [7, 11) is 0. The highest BCUT2D eigenvalue weighted by atomic mass is 35.5. The molecule has 1 N–H and O–H groups in total. The van der Waals surface area contributed by atoms with E-state index in [2.05, 4.69) is 35.8 Å².